The second kappa shape index (κ2) is 5.64. The zero-order chi connectivity index (χ0) is 12.1. The van der Waals surface area contributed by atoms with E-state index in [1.54, 1.807) is 17.1 Å². The lowest BCUT2D eigenvalue weighted by atomic mass is 10.1. The molecule has 0 atom stereocenters. The molecular formula is C13H13ClN2O. The zero-order valence-corrected chi connectivity index (χ0v) is 10.1. The highest BCUT2D eigenvalue weighted by atomic mass is 35.5. The van der Waals surface area contributed by atoms with Gasteiger partial charge in [0.25, 0.3) is 0 Å². The van der Waals surface area contributed by atoms with Crippen LogP contribution in [0.4, 0.5) is 0 Å². The Kier molecular flexibility index (Phi) is 3.94. The quantitative estimate of drug-likeness (QED) is 0.602. The molecule has 17 heavy (non-hydrogen) atoms. The smallest absolute Gasteiger partial charge is 0.180 e. The average molecular weight is 249 g/mol. The monoisotopic (exact) mass is 248 g/mol. The largest absolute Gasteiger partial charge is 0.293 e. The topological polar surface area (TPSA) is 34.9 Å². The fourth-order valence-corrected chi connectivity index (χ4v) is 1.75. The molecule has 0 aliphatic carbocycles. The number of benzene rings is 1. The summed E-state index contributed by atoms with van der Waals surface area (Å²) in [7, 11) is 0. The zero-order valence-electron chi connectivity index (χ0n) is 9.34. The molecular weight excluding hydrogens is 236 g/mol. The van der Waals surface area contributed by atoms with Crippen LogP contribution >= 0.6 is 11.6 Å². The lowest BCUT2D eigenvalue weighted by Gasteiger charge is -2.01. The molecule has 0 unspecified atom stereocenters. The molecule has 0 fully saturated rings. The first-order chi connectivity index (χ1) is 8.29. The van der Waals surface area contributed by atoms with Crippen LogP contribution in [0.5, 0.6) is 0 Å². The lowest BCUT2D eigenvalue weighted by Crippen LogP contribution is -2.02. The minimum atomic E-state index is -0.0855. The fraction of sp³-hybridized carbons (Fsp3) is 0.231. The van der Waals surface area contributed by atoms with Crippen LogP contribution in [0.3, 0.4) is 0 Å². The summed E-state index contributed by atoms with van der Waals surface area (Å²) >= 11 is 5.48. The fourth-order valence-electron chi connectivity index (χ4n) is 1.60. The van der Waals surface area contributed by atoms with Gasteiger partial charge in [-0.25, -0.2) is 0 Å². The van der Waals surface area contributed by atoms with Gasteiger partial charge in [0.1, 0.15) is 0 Å². The minimum absolute atomic E-state index is 0.00434. The van der Waals surface area contributed by atoms with E-state index in [0.29, 0.717) is 5.56 Å². The van der Waals surface area contributed by atoms with Gasteiger partial charge < -0.3 is 0 Å². The van der Waals surface area contributed by atoms with Gasteiger partial charge in [-0.15, -0.1) is 11.6 Å². The number of alkyl halides is 1. The summed E-state index contributed by atoms with van der Waals surface area (Å²) in [6.45, 7) is 0.763. The van der Waals surface area contributed by atoms with E-state index < -0.39 is 0 Å². The van der Waals surface area contributed by atoms with E-state index >= 15 is 0 Å². The summed E-state index contributed by atoms with van der Waals surface area (Å²) in [5.74, 6) is -0.0812. The third-order valence-electron chi connectivity index (χ3n) is 2.55. The Bertz CT molecular complexity index is 493. The van der Waals surface area contributed by atoms with Crippen molar-refractivity contribution in [2.75, 3.05) is 5.88 Å². The molecule has 4 heteroatoms. The van der Waals surface area contributed by atoms with Crippen LogP contribution < -0.4 is 0 Å². The number of ketones is 1. The third kappa shape index (κ3) is 3.17. The summed E-state index contributed by atoms with van der Waals surface area (Å²) < 4.78 is 1.77. The van der Waals surface area contributed by atoms with Crippen LogP contribution in [0.2, 0.25) is 0 Å². The first-order valence-electron chi connectivity index (χ1n) is 5.45. The van der Waals surface area contributed by atoms with Crippen molar-refractivity contribution < 1.29 is 4.79 Å². The Hall–Kier alpha value is -1.61. The third-order valence-corrected chi connectivity index (χ3v) is 2.79. The van der Waals surface area contributed by atoms with Crippen LogP contribution in [-0.2, 0) is 13.0 Å². The Labute approximate surface area is 105 Å². The maximum atomic E-state index is 11.3. The number of aryl methyl sites for hydroxylation is 2. The first-order valence-corrected chi connectivity index (χ1v) is 5.98. The Morgan fingerprint density at radius 1 is 1.29 bits per heavy atom. The van der Waals surface area contributed by atoms with Crippen molar-refractivity contribution in [1.82, 2.24) is 9.78 Å². The van der Waals surface area contributed by atoms with Gasteiger partial charge >= 0.3 is 0 Å². The Morgan fingerprint density at radius 2 is 2.06 bits per heavy atom. The molecule has 0 saturated heterocycles. The molecule has 1 aromatic heterocycles. The molecule has 0 saturated carbocycles. The number of nitrogens with zero attached hydrogens (tertiary/aromatic N) is 2. The number of carbonyl (C=O) groups excluding carboxylic acids is 1. The van der Waals surface area contributed by atoms with Crippen molar-refractivity contribution in [3.63, 3.8) is 0 Å². The number of hydrogen-bond acceptors (Lipinski definition) is 2. The molecule has 0 spiro atoms. The van der Waals surface area contributed by atoms with Crippen molar-refractivity contribution in [3.8, 4) is 0 Å². The highest BCUT2D eigenvalue weighted by molar-refractivity contribution is 6.30. The molecule has 0 aliphatic rings. The molecule has 3 nitrogen and oxygen atoms in total. The number of halogens is 1. The Balaban J connectivity index is 1.96. The molecule has 1 heterocycles. The van der Waals surface area contributed by atoms with Gasteiger partial charge in [-0.3, -0.25) is 9.48 Å². The molecule has 2 rings (SSSR count). The molecule has 1 aromatic carbocycles. The van der Waals surface area contributed by atoms with Crippen LogP contribution in [-0.4, -0.2) is 21.4 Å². The first kappa shape index (κ1) is 11.9. The lowest BCUT2D eigenvalue weighted by molar-refractivity contribution is 0.102. The van der Waals surface area contributed by atoms with Crippen LogP contribution in [0.15, 0.2) is 42.7 Å². The summed E-state index contributed by atoms with van der Waals surface area (Å²) in [6.07, 6.45) is 4.21. The van der Waals surface area contributed by atoms with E-state index in [4.69, 9.17) is 11.6 Å². The van der Waals surface area contributed by atoms with E-state index in [1.165, 1.54) is 5.56 Å². The van der Waals surface area contributed by atoms with Crippen LogP contribution in [0.1, 0.15) is 15.9 Å². The molecule has 0 aliphatic heterocycles. The highest BCUT2D eigenvalue weighted by Gasteiger charge is 2.06. The second-order valence-electron chi connectivity index (χ2n) is 3.78. The van der Waals surface area contributed by atoms with Gasteiger partial charge in [0.2, 0.25) is 0 Å². The summed E-state index contributed by atoms with van der Waals surface area (Å²) in [6, 6.07) is 10.2. The maximum Gasteiger partial charge on any atom is 0.180 e. The van der Waals surface area contributed by atoms with Gasteiger partial charge in [-0.05, 0) is 12.0 Å². The van der Waals surface area contributed by atoms with E-state index in [9.17, 15) is 4.79 Å². The van der Waals surface area contributed by atoms with E-state index in [0.717, 1.165) is 13.0 Å². The molecule has 88 valence electrons. The van der Waals surface area contributed by atoms with E-state index in [2.05, 4.69) is 17.2 Å². The standard InChI is InChI=1S/C13H13ClN2O/c14-8-13(17)12-9-15-16(10-12)7-6-11-4-2-1-3-5-11/h1-5,9-10H,6-8H2. The van der Waals surface area contributed by atoms with Crippen LogP contribution in [0, 0.1) is 0 Å². The molecule has 0 amide bonds. The van der Waals surface area contributed by atoms with Crippen molar-refractivity contribution in [2.24, 2.45) is 0 Å². The van der Waals surface area contributed by atoms with Gasteiger partial charge in [-0.1, -0.05) is 30.3 Å². The van der Waals surface area contributed by atoms with Crippen molar-refractivity contribution in [3.05, 3.63) is 53.9 Å². The second-order valence-corrected chi connectivity index (χ2v) is 4.05. The number of hydrogen-bond donors (Lipinski definition) is 0. The van der Waals surface area contributed by atoms with Gasteiger partial charge in [-0.2, -0.15) is 5.10 Å². The number of rotatable bonds is 5. The van der Waals surface area contributed by atoms with Crippen LogP contribution in [0.25, 0.3) is 0 Å². The summed E-state index contributed by atoms with van der Waals surface area (Å²) in [4.78, 5) is 11.3. The van der Waals surface area contributed by atoms with E-state index in [-0.39, 0.29) is 11.7 Å². The van der Waals surface area contributed by atoms with Crippen molar-refractivity contribution in [2.45, 2.75) is 13.0 Å². The van der Waals surface area contributed by atoms with Gasteiger partial charge in [0, 0.05) is 12.7 Å². The summed E-state index contributed by atoms with van der Waals surface area (Å²) in [5, 5.41) is 4.14. The van der Waals surface area contributed by atoms with Crippen molar-refractivity contribution >= 4 is 17.4 Å². The molecule has 2 aromatic rings. The SMILES string of the molecule is O=C(CCl)c1cnn(CCc2ccccc2)c1. The van der Waals surface area contributed by atoms with Gasteiger partial charge in [0.05, 0.1) is 17.6 Å². The number of Topliss-reactive ketones (excluding diaryl/α,β-unsaturated/α-hetero) is 1. The number of aromatic nitrogens is 2. The normalized spacial score (nSPS) is 10.4. The molecule has 0 bridgehead atoms. The predicted molar refractivity (Wildman–Crippen MR) is 67.4 cm³/mol. The molecule has 0 N–H and O–H groups in total. The van der Waals surface area contributed by atoms with Gasteiger partial charge in [0.15, 0.2) is 5.78 Å². The van der Waals surface area contributed by atoms with Crippen molar-refractivity contribution in [1.29, 1.82) is 0 Å². The van der Waals surface area contributed by atoms with E-state index in [1.807, 2.05) is 18.2 Å². The minimum Gasteiger partial charge on any atom is -0.293 e. The predicted octanol–water partition coefficient (Wildman–Crippen LogP) is 2.55. The maximum absolute atomic E-state index is 11.3. The highest BCUT2D eigenvalue weighted by Crippen LogP contribution is 2.04. The average Bonchev–Trinajstić information content (AvgIpc) is 2.85. The molecule has 0 radical (unpaired) electrons. The summed E-state index contributed by atoms with van der Waals surface area (Å²) in [5.41, 5.74) is 1.83. The Morgan fingerprint density at radius 3 is 2.76 bits per heavy atom. The number of carbonyl (C=O) groups is 1.